The number of nitrogen functional groups attached to an aromatic ring is 3. The van der Waals surface area contributed by atoms with Gasteiger partial charge in [0.25, 0.3) is 5.69 Å². The highest BCUT2D eigenvalue weighted by atomic mass is 79.9. The first-order valence-corrected chi connectivity index (χ1v) is 19.9. The molecule has 0 unspecified atom stereocenters. The summed E-state index contributed by atoms with van der Waals surface area (Å²) in [6.07, 6.45) is 0. The molecule has 0 spiro atoms. The first kappa shape index (κ1) is 42.7. The Hall–Kier alpha value is -5.48. The van der Waals surface area contributed by atoms with Crippen molar-refractivity contribution in [2.45, 2.75) is 0 Å². The molecule has 0 bridgehead atoms. The molecule has 290 valence electrons. The minimum atomic E-state index is -0.453. The Kier molecular flexibility index (Phi) is 14.3. The number of ether oxygens (including phenoxy) is 2. The predicted octanol–water partition coefficient (Wildman–Crippen LogP) is 13.0. The maximum atomic E-state index is 11.0. The van der Waals surface area contributed by atoms with Crippen molar-refractivity contribution in [1.82, 2.24) is 0 Å². The molecular formula is C42H33Br4N5O6. The molecule has 0 aliphatic carbocycles. The van der Waals surface area contributed by atoms with Gasteiger partial charge in [-0.05, 0) is 118 Å². The highest BCUT2D eigenvalue weighted by Crippen LogP contribution is 2.36. The van der Waals surface area contributed by atoms with E-state index in [1.807, 2.05) is 60.7 Å². The van der Waals surface area contributed by atoms with Crippen LogP contribution < -0.4 is 26.7 Å². The minimum Gasteiger partial charge on any atom is -0.497 e. The molecule has 0 aliphatic rings. The predicted molar refractivity (Wildman–Crippen MR) is 246 cm³/mol. The van der Waals surface area contributed by atoms with Crippen LogP contribution in [0.3, 0.4) is 0 Å². The first-order chi connectivity index (χ1) is 27.2. The molecule has 11 nitrogen and oxygen atoms in total. The lowest BCUT2D eigenvalue weighted by atomic mass is 10.1. The molecule has 15 heteroatoms. The van der Waals surface area contributed by atoms with E-state index < -0.39 is 9.85 Å². The number of hydrogen-bond acceptors (Lipinski definition) is 9. The van der Waals surface area contributed by atoms with Crippen molar-refractivity contribution in [3.05, 3.63) is 166 Å². The van der Waals surface area contributed by atoms with Crippen LogP contribution in [0.2, 0.25) is 0 Å². The van der Waals surface area contributed by atoms with Gasteiger partial charge in [-0.15, -0.1) is 0 Å². The SMILES string of the molecule is COc1ccc2cc(Br)ccc2c1.COc1ccc2cc(Br)ccc2c1[N+](=O)[O-].Nc1ccc2cc(Br)ccc2c1N.Nc1ccc2cc(Br)ccc2c1[N+](=O)[O-]. The van der Waals surface area contributed by atoms with Crippen molar-refractivity contribution in [3.63, 3.8) is 0 Å². The fourth-order valence-electron chi connectivity index (χ4n) is 5.79. The van der Waals surface area contributed by atoms with Gasteiger partial charge >= 0.3 is 5.69 Å². The summed E-state index contributed by atoms with van der Waals surface area (Å²) < 4.78 is 14.1. The van der Waals surface area contributed by atoms with Gasteiger partial charge in [0.15, 0.2) is 5.75 Å². The van der Waals surface area contributed by atoms with Gasteiger partial charge in [-0.2, -0.15) is 0 Å². The molecule has 0 aliphatic heterocycles. The summed E-state index contributed by atoms with van der Waals surface area (Å²) in [7, 11) is 3.10. The second kappa shape index (κ2) is 19.1. The third kappa shape index (κ3) is 10.5. The quantitative estimate of drug-likeness (QED) is 0.0877. The van der Waals surface area contributed by atoms with Crippen LogP contribution in [-0.2, 0) is 0 Å². The van der Waals surface area contributed by atoms with Gasteiger partial charge in [-0.25, -0.2) is 0 Å². The summed E-state index contributed by atoms with van der Waals surface area (Å²) in [5.74, 6) is 1.18. The van der Waals surface area contributed by atoms with E-state index in [0.717, 1.165) is 45.2 Å². The summed E-state index contributed by atoms with van der Waals surface area (Å²) in [4.78, 5) is 21.0. The smallest absolute Gasteiger partial charge is 0.318 e. The van der Waals surface area contributed by atoms with Gasteiger partial charge in [-0.3, -0.25) is 20.2 Å². The monoisotopic (exact) mass is 1020 g/mol. The zero-order valence-electron chi connectivity index (χ0n) is 30.2. The number of nitro benzene ring substituents is 2. The van der Waals surface area contributed by atoms with Crippen LogP contribution in [0.1, 0.15) is 0 Å². The molecule has 57 heavy (non-hydrogen) atoms. The van der Waals surface area contributed by atoms with Gasteiger partial charge in [0, 0.05) is 23.3 Å². The van der Waals surface area contributed by atoms with Crippen LogP contribution in [0, 0.1) is 20.2 Å². The number of nitrogens with zero attached hydrogens (tertiary/aromatic N) is 2. The number of halogens is 4. The third-order valence-corrected chi connectivity index (χ3v) is 10.5. The van der Waals surface area contributed by atoms with Crippen molar-refractivity contribution >= 4 is 135 Å². The molecule has 0 aromatic heterocycles. The van der Waals surface area contributed by atoms with Crippen molar-refractivity contribution in [2.75, 3.05) is 31.4 Å². The Labute approximate surface area is 360 Å². The Morgan fingerprint density at radius 3 is 1.39 bits per heavy atom. The molecule has 0 atom stereocenters. The van der Waals surface area contributed by atoms with Crippen molar-refractivity contribution in [2.24, 2.45) is 0 Å². The van der Waals surface area contributed by atoms with E-state index in [1.165, 1.54) is 17.9 Å². The minimum absolute atomic E-state index is 0.00694. The number of anilines is 3. The molecule has 8 rings (SSSR count). The van der Waals surface area contributed by atoms with Gasteiger partial charge in [0.05, 0.1) is 46.2 Å². The van der Waals surface area contributed by atoms with Crippen LogP contribution in [-0.4, -0.2) is 24.1 Å². The first-order valence-electron chi connectivity index (χ1n) is 16.7. The van der Waals surface area contributed by atoms with Crippen LogP contribution >= 0.6 is 63.7 Å². The number of fused-ring (bicyclic) bond motifs is 4. The average molecular weight is 1020 g/mol. The summed E-state index contributed by atoms with van der Waals surface area (Å²) in [5, 5.41) is 29.1. The standard InChI is InChI=1S/C11H8BrNO3.C11H9BrO.C10H7BrN2O2.C10H9BrN2/c1-16-10-5-2-7-6-8(12)3-4-9(7)11(10)13(14)15;1-13-11-5-3-8-6-10(12)4-2-9(8)7-11;11-7-2-3-8-6(5-7)1-4-9(12)10(8)13(14)15;11-7-2-3-8-6(5-7)1-4-9(12)10(8)13/h2-6H,1H3;2-7H,1H3;1-5H,12H2;1-5H,12-13H2. The van der Waals surface area contributed by atoms with Gasteiger partial charge < -0.3 is 26.7 Å². The number of nitro groups is 2. The fraction of sp³-hybridized carbons (Fsp3) is 0.0476. The van der Waals surface area contributed by atoms with E-state index in [0.29, 0.717) is 22.1 Å². The topological polar surface area (TPSA) is 183 Å². The van der Waals surface area contributed by atoms with Crippen LogP contribution in [0.25, 0.3) is 43.1 Å². The molecule has 8 aromatic carbocycles. The Balaban J connectivity index is 0.000000146. The highest BCUT2D eigenvalue weighted by molar-refractivity contribution is 9.11. The zero-order valence-corrected chi connectivity index (χ0v) is 36.6. The lowest BCUT2D eigenvalue weighted by molar-refractivity contribution is -0.383. The maximum Gasteiger partial charge on any atom is 0.318 e. The zero-order chi connectivity index (χ0) is 41.4. The summed E-state index contributed by atoms with van der Waals surface area (Å²) >= 11 is 13.5. The Morgan fingerprint density at radius 1 is 0.456 bits per heavy atom. The second-order valence-corrected chi connectivity index (χ2v) is 15.8. The summed E-state index contributed by atoms with van der Waals surface area (Å²) in [6.45, 7) is 0. The van der Waals surface area contributed by atoms with E-state index in [9.17, 15) is 20.2 Å². The lowest BCUT2D eigenvalue weighted by Crippen LogP contribution is -1.96. The molecule has 0 saturated heterocycles. The number of hydrogen-bond donors (Lipinski definition) is 3. The van der Waals surface area contributed by atoms with E-state index >= 15 is 0 Å². The van der Waals surface area contributed by atoms with E-state index in [-0.39, 0.29) is 22.8 Å². The Bertz CT molecular complexity index is 2790. The molecule has 0 radical (unpaired) electrons. The maximum absolute atomic E-state index is 11.0. The largest absolute Gasteiger partial charge is 0.497 e. The molecule has 0 fully saturated rings. The van der Waals surface area contributed by atoms with Crippen molar-refractivity contribution in [3.8, 4) is 11.5 Å². The lowest BCUT2D eigenvalue weighted by Gasteiger charge is -2.05. The molecule has 0 heterocycles. The van der Waals surface area contributed by atoms with Gasteiger partial charge in [0.1, 0.15) is 11.4 Å². The molecule has 0 amide bonds. The third-order valence-electron chi connectivity index (χ3n) is 8.55. The normalized spacial score (nSPS) is 10.4. The van der Waals surface area contributed by atoms with Crippen molar-refractivity contribution < 1.29 is 19.3 Å². The number of rotatable bonds is 4. The average Bonchev–Trinajstić information content (AvgIpc) is 3.19. The van der Waals surface area contributed by atoms with Crippen molar-refractivity contribution in [1.29, 1.82) is 0 Å². The van der Waals surface area contributed by atoms with E-state index in [4.69, 9.17) is 26.7 Å². The van der Waals surface area contributed by atoms with E-state index in [2.05, 4.69) is 81.9 Å². The molecule has 8 aromatic rings. The summed E-state index contributed by atoms with van der Waals surface area (Å²) in [5.41, 5.74) is 18.5. The molecule has 0 saturated carbocycles. The number of methoxy groups -OCH3 is 2. The fourth-order valence-corrected chi connectivity index (χ4v) is 7.30. The number of benzene rings is 8. The van der Waals surface area contributed by atoms with Crippen LogP contribution in [0.5, 0.6) is 11.5 Å². The molecule has 6 N–H and O–H groups in total. The Morgan fingerprint density at radius 2 is 0.860 bits per heavy atom. The number of nitrogens with two attached hydrogens (primary N) is 3. The van der Waals surface area contributed by atoms with E-state index in [1.54, 1.807) is 55.6 Å². The van der Waals surface area contributed by atoms with Gasteiger partial charge in [0.2, 0.25) is 0 Å². The van der Waals surface area contributed by atoms with Gasteiger partial charge in [-0.1, -0.05) is 100 Å². The molecular weight excluding hydrogens is 990 g/mol. The van der Waals surface area contributed by atoms with Crippen LogP contribution in [0.4, 0.5) is 28.4 Å². The summed E-state index contributed by atoms with van der Waals surface area (Å²) in [6, 6.07) is 39.3. The highest BCUT2D eigenvalue weighted by Gasteiger charge is 2.19. The second-order valence-electron chi connectivity index (χ2n) is 12.2. The van der Waals surface area contributed by atoms with Crippen LogP contribution in [0.15, 0.2) is 145 Å².